The molecule has 1 N–H and O–H groups in total. The maximum Gasteiger partial charge on any atom is 0.231 e. The fraction of sp³-hybridized carbons (Fsp3) is 0.136. The average Bonchev–Trinajstić information content (AvgIpc) is 3.51. The van der Waals surface area contributed by atoms with E-state index in [0.717, 1.165) is 27.7 Å². The number of nitrogens with one attached hydrogen (secondary N) is 1. The Morgan fingerprint density at radius 2 is 1.94 bits per heavy atom. The number of imidazole rings is 1. The van der Waals surface area contributed by atoms with E-state index in [-0.39, 0.29) is 11.8 Å². The predicted octanol–water partition coefficient (Wildman–Crippen LogP) is 3.11. The number of fused-ring (bicyclic) bond motifs is 1. The number of rotatable bonds is 5. The molecule has 1 aliphatic rings. The summed E-state index contributed by atoms with van der Waals surface area (Å²) in [6, 6.07) is 11.5. The molecule has 9 nitrogen and oxygen atoms in total. The Hall–Kier alpha value is -4.05. The molecule has 0 saturated carbocycles. The molecule has 0 aliphatic carbocycles. The Morgan fingerprint density at radius 3 is 2.72 bits per heavy atom. The van der Waals surface area contributed by atoms with Crippen molar-refractivity contribution in [2.45, 2.75) is 0 Å². The van der Waals surface area contributed by atoms with Gasteiger partial charge in [0.2, 0.25) is 5.91 Å². The zero-order valence-corrected chi connectivity index (χ0v) is 17.7. The van der Waals surface area contributed by atoms with Gasteiger partial charge >= 0.3 is 0 Å². The molecule has 1 saturated heterocycles. The molecule has 5 aromatic rings. The molecule has 4 aromatic heterocycles. The smallest absolute Gasteiger partial charge is 0.231 e. The van der Waals surface area contributed by atoms with Crippen LogP contribution in [-0.2, 0) is 4.79 Å². The lowest BCUT2D eigenvalue weighted by Crippen LogP contribution is -2.52. The van der Waals surface area contributed by atoms with E-state index < -0.39 is 0 Å². The van der Waals surface area contributed by atoms with Gasteiger partial charge in [0.05, 0.1) is 11.6 Å². The van der Waals surface area contributed by atoms with E-state index in [4.69, 9.17) is 0 Å². The number of anilines is 2. The highest BCUT2D eigenvalue weighted by molar-refractivity contribution is 7.15. The van der Waals surface area contributed by atoms with Crippen LogP contribution in [0.4, 0.5) is 11.5 Å². The first kappa shape index (κ1) is 18.7. The number of amides is 1. The summed E-state index contributed by atoms with van der Waals surface area (Å²) < 4.78 is 3.69. The van der Waals surface area contributed by atoms with Gasteiger partial charge in [-0.25, -0.2) is 19.6 Å². The highest BCUT2D eigenvalue weighted by atomic mass is 32.1. The number of benzene rings is 1. The Labute approximate surface area is 187 Å². The zero-order valence-electron chi connectivity index (χ0n) is 16.9. The molecular formula is C22H18N8OS. The number of carbonyl (C=O) groups is 1. The van der Waals surface area contributed by atoms with Crippen molar-refractivity contribution in [2.75, 3.05) is 23.3 Å². The number of hydrogen-bond acceptors (Lipinski definition) is 7. The van der Waals surface area contributed by atoms with Crippen LogP contribution in [0.25, 0.3) is 22.0 Å². The molecular weight excluding hydrogens is 424 g/mol. The number of carbonyl (C=O) groups excluding carboxylic acids is 1. The molecule has 158 valence electrons. The van der Waals surface area contributed by atoms with Gasteiger partial charge in [0.1, 0.15) is 12.1 Å². The van der Waals surface area contributed by atoms with Crippen LogP contribution in [0.5, 0.6) is 0 Å². The lowest BCUT2D eigenvalue weighted by molar-refractivity contribution is -0.120. The number of aromatic nitrogens is 6. The first-order valence-corrected chi connectivity index (χ1v) is 11.0. The summed E-state index contributed by atoms with van der Waals surface area (Å²) in [7, 11) is 0. The first-order valence-electron chi connectivity index (χ1n) is 10.1. The van der Waals surface area contributed by atoms with Crippen LogP contribution in [0.1, 0.15) is 0 Å². The molecule has 0 atom stereocenters. The molecule has 1 amide bonds. The summed E-state index contributed by atoms with van der Waals surface area (Å²) in [5.74, 6) is 1.42. The third-order valence-electron chi connectivity index (χ3n) is 5.50. The Bertz CT molecular complexity index is 1350. The summed E-state index contributed by atoms with van der Waals surface area (Å²) in [6.07, 6.45) is 9.06. The van der Waals surface area contributed by atoms with E-state index in [9.17, 15) is 4.79 Å². The van der Waals surface area contributed by atoms with Gasteiger partial charge in [0, 0.05) is 60.6 Å². The fourth-order valence-electron chi connectivity index (χ4n) is 3.71. The highest BCUT2D eigenvalue weighted by Crippen LogP contribution is 2.26. The van der Waals surface area contributed by atoms with Gasteiger partial charge in [-0.3, -0.25) is 9.20 Å². The normalized spacial score (nSPS) is 13.9. The second kappa shape index (κ2) is 7.57. The van der Waals surface area contributed by atoms with Gasteiger partial charge in [-0.2, -0.15) is 5.10 Å². The quantitative estimate of drug-likeness (QED) is 0.450. The molecule has 0 spiro atoms. The SMILES string of the molecule is O=C(Nc1ccc(-c2cn3ccsc3n2)cc1)C1CN(c2cc(-n3cccn3)ncn2)C1. The standard InChI is InChI=1S/C22H18N8OS/c31-21(16-11-29(12-16)19-10-20(24-14-23-19)30-7-1-6-25-30)26-17-4-2-15(3-5-17)18-13-28-8-9-32-22(28)27-18/h1-10,13-14,16H,11-12H2,(H,26,31). The zero-order chi connectivity index (χ0) is 21.5. The maximum absolute atomic E-state index is 12.7. The van der Waals surface area contributed by atoms with Gasteiger partial charge in [-0.05, 0) is 18.2 Å². The minimum atomic E-state index is -0.0854. The summed E-state index contributed by atoms with van der Waals surface area (Å²) in [5.41, 5.74) is 2.72. The Morgan fingerprint density at radius 1 is 1.09 bits per heavy atom. The van der Waals surface area contributed by atoms with E-state index in [1.807, 2.05) is 64.8 Å². The Balaban J connectivity index is 1.08. The Kier molecular flexibility index (Phi) is 4.43. The lowest BCUT2D eigenvalue weighted by Gasteiger charge is -2.39. The van der Waals surface area contributed by atoms with Crippen LogP contribution in [0.15, 0.2) is 72.9 Å². The molecule has 1 aliphatic heterocycles. The first-order chi connectivity index (χ1) is 15.7. The third kappa shape index (κ3) is 3.40. The van der Waals surface area contributed by atoms with Crippen LogP contribution in [-0.4, -0.2) is 48.1 Å². The monoisotopic (exact) mass is 442 g/mol. The second-order valence-corrected chi connectivity index (χ2v) is 8.45. The molecule has 0 unspecified atom stereocenters. The van der Waals surface area contributed by atoms with Crippen LogP contribution in [0, 0.1) is 5.92 Å². The van der Waals surface area contributed by atoms with Crippen molar-refractivity contribution in [1.29, 1.82) is 0 Å². The van der Waals surface area contributed by atoms with E-state index in [0.29, 0.717) is 18.9 Å². The van der Waals surface area contributed by atoms with Crippen LogP contribution < -0.4 is 10.2 Å². The van der Waals surface area contributed by atoms with E-state index >= 15 is 0 Å². The predicted molar refractivity (Wildman–Crippen MR) is 122 cm³/mol. The third-order valence-corrected chi connectivity index (χ3v) is 6.27. The molecule has 10 heteroatoms. The minimum Gasteiger partial charge on any atom is -0.355 e. The molecule has 0 radical (unpaired) electrons. The molecule has 0 bridgehead atoms. The molecule has 32 heavy (non-hydrogen) atoms. The van der Waals surface area contributed by atoms with E-state index in [1.165, 1.54) is 6.33 Å². The van der Waals surface area contributed by atoms with Gasteiger partial charge < -0.3 is 10.2 Å². The second-order valence-electron chi connectivity index (χ2n) is 7.57. The van der Waals surface area contributed by atoms with Gasteiger partial charge in [0.15, 0.2) is 10.8 Å². The summed E-state index contributed by atoms with van der Waals surface area (Å²) in [6.45, 7) is 1.23. The highest BCUT2D eigenvalue weighted by Gasteiger charge is 2.33. The van der Waals surface area contributed by atoms with Crippen molar-refractivity contribution in [3.05, 3.63) is 72.9 Å². The van der Waals surface area contributed by atoms with E-state index in [1.54, 1.807) is 22.2 Å². The van der Waals surface area contributed by atoms with Crippen molar-refractivity contribution in [1.82, 2.24) is 29.1 Å². The molecule has 6 rings (SSSR count). The van der Waals surface area contributed by atoms with Crippen LogP contribution in [0.2, 0.25) is 0 Å². The van der Waals surface area contributed by atoms with Crippen molar-refractivity contribution in [3.8, 4) is 17.1 Å². The number of nitrogens with zero attached hydrogens (tertiary/aromatic N) is 7. The summed E-state index contributed by atoms with van der Waals surface area (Å²) in [4.78, 5) is 28.9. The summed E-state index contributed by atoms with van der Waals surface area (Å²) >= 11 is 1.60. The largest absolute Gasteiger partial charge is 0.355 e. The molecule has 1 aromatic carbocycles. The number of hydrogen-bond donors (Lipinski definition) is 1. The minimum absolute atomic E-state index is 0.0119. The van der Waals surface area contributed by atoms with Crippen molar-refractivity contribution in [2.24, 2.45) is 5.92 Å². The van der Waals surface area contributed by atoms with Crippen molar-refractivity contribution in [3.63, 3.8) is 0 Å². The molecule has 5 heterocycles. The van der Waals surface area contributed by atoms with Gasteiger partial charge in [-0.15, -0.1) is 11.3 Å². The van der Waals surface area contributed by atoms with Crippen molar-refractivity contribution >= 4 is 33.7 Å². The van der Waals surface area contributed by atoms with Gasteiger partial charge in [0.25, 0.3) is 0 Å². The average molecular weight is 443 g/mol. The topological polar surface area (TPSA) is 93.2 Å². The van der Waals surface area contributed by atoms with E-state index in [2.05, 4.69) is 30.3 Å². The summed E-state index contributed by atoms with van der Waals surface area (Å²) in [5, 5.41) is 9.22. The van der Waals surface area contributed by atoms with Gasteiger partial charge in [-0.1, -0.05) is 12.1 Å². The number of thiazole rings is 1. The van der Waals surface area contributed by atoms with Crippen molar-refractivity contribution < 1.29 is 4.79 Å². The van der Waals surface area contributed by atoms with Crippen LogP contribution in [0.3, 0.4) is 0 Å². The maximum atomic E-state index is 12.7. The van der Waals surface area contributed by atoms with Crippen LogP contribution >= 0.6 is 11.3 Å². The fourth-order valence-corrected chi connectivity index (χ4v) is 4.41. The molecule has 1 fully saturated rings. The lowest BCUT2D eigenvalue weighted by atomic mass is 9.99.